The number of urea groups is 1. The number of carbonyl (C=O) groups excluding carboxylic acids is 4. The number of nitrogens with zero attached hydrogens (tertiary/aromatic N) is 2. The second-order valence-corrected chi connectivity index (χ2v) is 8.99. The molecule has 168 valence electrons. The number of esters is 1. The SMILES string of the molecule is CCN1C(=O)NC(=O)/C(=C\c2cc(C)n(-c3sc4c(c3C(=O)OC)CCCC4)c2C)C1=O. The number of fused-ring (bicyclic) bond motifs is 1. The van der Waals surface area contributed by atoms with Crippen LogP contribution in [0.25, 0.3) is 11.1 Å². The number of barbiturate groups is 1. The summed E-state index contributed by atoms with van der Waals surface area (Å²) in [7, 11) is 1.39. The number of nitrogens with one attached hydrogen (secondary N) is 1. The molecule has 1 aliphatic heterocycles. The van der Waals surface area contributed by atoms with Gasteiger partial charge in [0.15, 0.2) is 0 Å². The Morgan fingerprint density at radius 3 is 2.62 bits per heavy atom. The minimum atomic E-state index is -0.712. The molecule has 0 unspecified atom stereocenters. The summed E-state index contributed by atoms with van der Waals surface area (Å²) in [6.45, 7) is 5.63. The number of rotatable bonds is 4. The Morgan fingerprint density at radius 2 is 1.94 bits per heavy atom. The monoisotopic (exact) mass is 455 g/mol. The number of aryl methyl sites for hydroxylation is 2. The molecule has 0 saturated carbocycles. The molecule has 2 aromatic heterocycles. The van der Waals surface area contributed by atoms with Gasteiger partial charge in [0.25, 0.3) is 11.8 Å². The first-order chi connectivity index (χ1) is 15.3. The van der Waals surface area contributed by atoms with Crippen LogP contribution in [-0.2, 0) is 27.2 Å². The summed E-state index contributed by atoms with van der Waals surface area (Å²) < 4.78 is 7.08. The van der Waals surface area contributed by atoms with Crippen LogP contribution in [0.1, 0.15) is 57.5 Å². The first kappa shape index (κ1) is 22.0. The van der Waals surface area contributed by atoms with Crippen molar-refractivity contribution in [1.82, 2.24) is 14.8 Å². The van der Waals surface area contributed by atoms with Crippen molar-refractivity contribution in [3.05, 3.63) is 44.6 Å². The number of methoxy groups -OCH3 is 1. The van der Waals surface area contributed by atoms with Crippen LogP contribution in [0.5, 0.6) is 0 Å². The Kier molecular flexibility index (Phi) is 5.77. The van der Waals surface area contributed by atoms with Crippen LogP contribution >= 0.6 is 11.3 Å². The van der Waals surface area contributed by atoms with E-state index in [2.05, 4.69) is 5.32 Å². The van der Waals surface area contributed by atoms with Crippen molar-refractivity contribution in [2.24, 2.45) is 0 Å². The molecule has 0 atom stereocenters. The third-order valence-corrected chi connectivity index (χ3v) is 7.29. The summed E-state index contributed by atoms with van der Waals surface area (Å²) in [6, 6.07) is 1.16. The van der Waals surface area contributed by atoms with Gasteiger partial charge in [-0.05, 0) is 69.7 Å². The second kappa shape index (κ2) is 8.38. The average Bonchev–Trinajstić information content (AvgIpc) is 3.27. The summed E-state index contributed by atoms with van der Waals surface area (Å²) >= 11 is 1.59. The highest BCUT2D eigenvalue weighted by atomic mass is 32.1. The average molecular weight is 456 g/mol. The number of likely N-dealkylation sites (N-methyl/N-ethyl adjacent to an activating group) is 1. The van der Waals surface area contributed by atoms with E-state index in [1.807, 2.05) is 24.5 Å². The molecule has 3 heterocycles. The number of ether oxygens (including phenoxy) is 1. The van der Waals surface area contributed by atoms with Crippen LogP contribution in [0.2, 0.25) is 0 Å². The standard InChI is InChI=1S/C23H25N3O5S/c1-5-25-20(28)16(19(27)24-23(25)30)11-14-10-12(2)26(13(14)3)21-18(22(29)31-4)15-8-6-7-9-17(15)32-21/h10-11H,5-9H2,1-4H3,(H,24,27,30)/b16-11+. The van der Waals surface area contributed by atoms with Gasteiger partial charge in [-0.3, -0.25) is 19.8 Å². The second-order valence-electron chi connectivity index (χ2n) is 7.91. The van der Waals surface area contributed by atoms with Gasteiger partial charge in [0.2, 0.25) is 0 Å². The highest BCUT2D eigenvalue weighted by molar-refractivity contribution is 7.15. The summed E-state index contributed by atoms with van der Waals surface area (Å²) in [5, 5.41) is 3.01. The molecule has 0 spiro atoms. The number of hydrogen-bond donors (Lipinski definition) is 1. The Bertz CT molecular complexity index is 1190. The molecule has 8 nitrogen and oxygen atoms in total. The van der Waals surface area contributed by atoms with E-state index in [-0.39, 0.29) is 18.1 Å². The minimum Gasteiger partial charge on any atom is -0.465 e. The molecule has 4 amide bonds. The van der Waals surface area contributed by atoms with Gasteiger partial charge in [-0.1, -0.05) is 0 Å². The van der Waals surface area contributed by atoms with Crippen molar-refractivity contribution in [2.45, 2.75) is 46.5 Å². The van der Waals surface area contributed by atoms with Crippen LogP contribution < -0.4 is 5.32 Å². The lowest BCUT2D eigenvalue weighted by molar-refractivity contribution is -0.129. The lowest BCUT2D eigenvalue weighted by atomic mass is 9.95. The zero-order valence-electron chi connectivity index (χ0n) is 18.5. The number of hydrogen-bond acceptors (Lipinski definition) is 6. The largest absolute Gasteiger partial charge is 0.465 e. The fourth-order valence-corrected chi connectivity index (χ4v) is 5.89. The van der Waals surface area contributed by atoms with Gasteiger partial charge in [0.1, 0.15) is 10.6 Å². The lowest BCUT2D eigenvalue weighted by Gasteiger charge is -2.24. The van der Waals surface area contributed by atoms with E-state index in [9.17, 15) is 19.2 Å². The van der Waals surface area contributed by atoms with Crippen LogP contribution in [-0.4, -0.2) is 46.9 Å². The van der Waals surface area contributed by atoms with Crippen LogP contribution in [0, 0.1) is 13.8 Å². The summed E-state index contributed by atoms with van der Waals surface area (Å²) in [5.74, 6) is -1.69. The number of imide groups is 2. The minimum absolute atomic E-state index is 0.0923. The van der Waals surface area contributed by atoms with Crippen molar-refractivity contribution in [1.29, 1.82) is 0 Å². The number of amides is 4. The predicted octanol–water partition coefficient (Wildman–Crippen LogP) is 3.30. The topological polar surface area (TPSA) is 97.7 Å². The molecular weight excluding hydrogens is 430 g/mol. The Balaban J connectivity index is 1.84. The number of thiophene rings is 1. The van der Waals surface area contributed by atoms with Gasteiger partial charge in [-0.15, -0.1) is 11.3 Å². The van der Waals surface area contributed by atoms with Crippen molar-refractivity contribution >= 4 is 41.2 Å². The third kappa shape index (κ3) is 3.46. The summed E-state index contributed by atoms with van der Waals surface area (Å²) in [4.78, 5) is 51.8. The molecule has 0 bridgehead atoms. The zero-order chi connectivity index (χ0) is 23.2. The Morgan fingerprint density at radius 1 is 1.22 bits per heavy atom. The van der Waals surface area contributed by atoms with E-state index in [4.69, 9.17) is 4.74 Å². The molecule has 9 heteroatoms. The molecule has 0 aromatic carbocycles. The molecule has 32 heavy (non-hydrogen) atoms. The van der Waals surface area contributed by atoms with Crippen molar-refractivity contribution in [3.63, 3.8) is 0 Å². The van der Waals surface area contributed by atoms with Gasteiger partial charge in [0.05, 0.1) is 12.7 Å². The zero-order valence-corrected chi connectivity index (χ0v) is 19.4. The summed E-state index contributed by atoms with van der Waals surface area (Å²) in [5.41, 5.74) is 3.90. The first-order valence-corrected chi connectivity index (χ1v) is 11.4. The third-order valence-electron chi connectivity index (χ3n) is 6.02. The van der Waals surface area contributed by atoms with Crippen molar-refractivity contribution in [2.75, 3.05) is 13.7 Å². The molecule has 1 fully saturated rings. The molecule has 4 rings (SSSR count). The molecule has 1 aliphatic carbocycles. The highest BCUT2D eigenvalue weighted by Gasteiger charge is 2.35. The molecule has 2 aliphatic rings. The molecule has 1 saturated heterocycles. The summed E-state index contributed by atoms with van der Waals surface area (Å²) in [6.07, 6.45) is 5.44. The van der Waals surface area contributed by atoms with E-state index in [1.165, 1.54) is 18.1 Å². The molecule has 0 radical (unpaired) electrons. The Labute approximate surface area is 189 Å². The predicted molar refractivity (Wildman–Crippen MR) is 120 cm³/mol. The Hall–Kier alpha value is -3.20. The highest BCUT2D eigenvalue weighted by Crippen LogP contribution is 2.39. The van der Waals surface area contributed by atoms with Gasteiger partial charge in [-0.25, -0.2) is 9.59 Å². The van der Waals surface area contributed by atoms with E-state index in [1.54, 1.807) is 18.3 Å². The van der Waals surface area contributed by atoms with Gasteiger partial charge in [0, 0.05) is 22.8 Å². The number of carbonyl (C=O) groups is 4. The first-order valence-electron chi connectivity index (χ1n) is 10.6. The van der Waals surface area contributed by atoms with Crippen molar-refractivity contribution < 1.29 is 23.9 Å². The van der Waals surface area contributed by atoms with Gasteiger partial charge >= 0.3 is 12.0 Å². The van der Waals surface area contributed by atoms with Crippen LogP contribution in [0.15, 0.2) is 11.6 Å². The molecule has 2 aromatic rings. The van der Waals surface area contributed by atoms with Crippen LogP contribution in [0.3, 0.4) is 0 Å². The van der Waals surface area contributed by atoms with E-state index >= 15 is 0 Å². The maximum atomic E-state index is 12.7. The van der Waals surface area contributed by atoms with Crippen molar-refractivity contribution in [3.8, 4) is 5.00 Å². The maximum absolute atomic E-state index is 12.7. The number of aromatic nitrogens is 1. The van der Waals surface area contributed by atoms with E-state index in [0.717, 1.165) is 52.5 Å². The quantitative estimate of drug-likeness (QED) is 0.433. The normalized spacial score (nSPS) is 17.6. The lowest BCUT2D eigenvalue weighted by Crippen LogP contribution is -2.53. The van der Waals surface area contributed by atoms with Gasteiger partial charge in [-0.2, -0.15) is 0 Å². The molecule has 1 N–H and O–H groups in total. The smallest absolute Gasteiger partial charge is 0.341 e. The fourth-order valence-electron chi connectivity index (χ4n) is 4.40. The van der Waals surface area contributed by atoms with E-state index in [0.29, 0.717) is 11.1 Å². The fraction of sp³-hybridized carbons (Fsp3) is 0.391. The maximum Gasteiger partial charge on any atom is 0.341 e. The van der Waals surface area contributed by atoms with Crippen LogP contribution in [0.4, 0.5) is 4.79 Å². The molecular formula is C23H25N3O5S. The van der Waals surface area contributed by atoms with E-state index < -0.39 is 17.8 Å². The van der Waals surface area contributed by atoms with Gasteiger partial charge < -0.3 is 9.30 Å².